The second-order valence-electron chi connectivity index (χ2n) is 4.91. The van der Waals surface area contributed by atoms with Crippen LogP contribution in [0, 0.1) is 0 Å². The summed E-state index contributed by atoms with van der Waals surface area (Å²) in [6.07, 6.45) is 3.51. The number of aliphatic imine (C=N–C) groups is 1. The molecule has 0 unspecified atom stereocenters. The Balaban J connectivity index is 0.00000484. The molecule has 23 heavy (non-hydrogen) atoms. The number of nitrogens with zero attached hydrogens (tertiary/aromatic N) is 1. The molecule has 8 heteroatoms. The van der Waals surface area contributed by atoms with Gasteiger partial charge in [0.15, 0.2) is 5.96 Å². The van der Waals surface area contributed by atoms with Gasteiger partial charge in [0.05, 0.1) is 4.90 Å². The predicted molar refractivity (Wildman–Crippen MR) is 106 cm³/mol. The van der Waals surface area contributed by atoms with Crippen molar-refractivity contribution in [3.05, 3.63) is 29.8 Å². The molecule has 0 saturated carbocycles. The van der Waals surface area contributed by atoms with Gasteiger partial charge in [-0.05, 0) is 31.2 Å². The lowest BCUT2D eigenvalue weighted by molar-refractivity contribution is 0.588. The van der Waals surface area contributed by atoms with Crippen LogP contribution in [-0.4, -0.2) is 35.0 Å². The molecule has 6 nitrogen and oxygen atoms in total. The molecule has 1 aromatic carbocycles. The molecule has 0 heterocycles. The van der Waals surface area contributed by atoms with E-state index in [1.165, 1.54) is 19.9 Å². The summed E-state index contributed by atoms with van der Waals surface area (Å²) < 4.78 is 25.6. The molecule has 0 bridgehead atoms. The second-order valence-corrected chi connectivity index (χ2v) is 6.80. The lowest BCUT2D eigenvalue weighted by atomic mass is 10.2. The van der Waals surface area contributed by atoms with Gasteiger partial charge in [-0.25, -0.2) is 13.1 Å². The van der Waals surface area contributed by atoms with E-state index in [1.807, 2.05) is 0 Å². The van der Waals surface area contributed by atoms with Crippen molar-refractivity contribution in [1.29, 1.82) is 0 Å². The summed E-state index contributed by atoms with van der Waals surface area (Å²) in [5, 5.41) is 6.46. The third-order valence-corrected chi connectivity index (χ3v) is 4.69. The molecule has 0 atom stereocenters. The van der Waals surface area contributed by atoms with Gasteiger partial charge in [0.1, 0.15) is 0 Å². The van der Waals surface area contributed by atoms with Crippen molar-refractivity contribution in [2.45, 2.75) is 37.6 Å². The van der Waals surface area contributed by atoms with Crippen molar-refractivity contribution in [3.8, 4) is 0 Å². The van der Waals surface area contributed by atoms with Crippen LogP contribution in [-0.2, 0) is 16.6 Å². The van der Waals surface area contributed by atoms with Crippen molar-refractivity contribution in [3.63, 3.8) is 0 Å². The van der Waals surface area contributed by atoms with Gasteiger partial charge in [0.2, 0.25) is 10.0 Å². The number of guanidine groups is 1. The van der Waals surface area contributed by atoms with Gasteiger partial charge in [-0.1, -0.05) is 31.9 Å². The van der Waals surface area contributed by atoms with Crippen molar-refractivity contribution in [1.82, 2.24) is 15.4 Å². The van der Waals surface area contributed by atoms with E-state index in [9.17, 15) is 8.42 Å². The smallest absolute Gasteiger partial charge is 0.240 e. The zero-order chi connectivity index (χ0) is 16.4. The van der Waals surface area contributed by atoms with E-state index >= 15 is 0 Å². The van der Waals surface area contributed by atoms with Crippen molar-refractivity contribution >= 4 is 40.0 Å². The normalized spacial score (nSPS) is 11.7. The maximum Gasteiger partial charge on any atom is 0.240 e. The van der Waals surface area contributed by atoms with Gasteiger partial charge in [0, 0.05) is 20.1 Å². The van der Waals surface area contributed by atoms with Gasteiger partial charge < -0.3 is 10.6 Å². The zero-order valence-corrected chi connectivity index (χ0v) is 17.1. The zero-order valence-electron chi connectivity index (χ0n) is 13.9. The minimum atomic E-state index is -3.37. The van der Waals surface area contributed by atoms with E-state index in [0.29, 0.717) is 6.54 Å². The molecule has 0 spiro atoms. The number of unbranched alkanes of at least 4 members (excludes halogenated alkanes) is 2. The Morgan fingerprint density at radius 3 is 2.30 bits per heavy atom. The van der Waals surface area contributed by atoms with Crippen LogP contribution in [0.3, 0.4) is 0 Å². The first-order chi connectivity index (χ1) is 10.5. The summed E-state index contributed by atoms with van der Waals surface area (Å²) in [5.41, 5.74) is 0.992. The number of benzene rings is 1. The largest absolute Gasteiger partial charge is 0.356 e. The number of hydrogen-bond acceptors (Lipinski definition) is 3. The van der Waals surface area contributed by atoms with E-state index in [4.69, 9.17) is 0 Å². The van der Waals surface area contributed by atoms with E-state index in [-0.39, 0.29) is 28.9 Å². The SMILES string of the molecule is CCCCCNC(=NC)NCc1ccc(S(=O)(=O)NC)cc1.I. The van der Waals surface area contributed by atoms with E-state index < -0.39 is 10.0 Å². The molecule has 0 radical (unpaired) electrons. The highest BCUT2D eigenvalue weighted by molar-refractivity contribution is 14.0. The van der Waals surface area contributed by atoms with Crippen LogP contribution in [0.1, 0.15) is 31.7 Å². The van der Waals surface area contributed by atoms with Crippen LogP contribution in [0.15, 0.2) is 34.2 Å². The minimum Gasteiger partial charge on any atom is -0.356 e. The first-order valence-corrected chi connectivity index (χ1v) is 8.98. The fourth-order valence-corrected chi connectivity index (χ4v) is 2.62. The van der Waals surface area contributed by atoms with E-state index in [0.717, 1.165) is 24.5 Å². The lowest BCUT2D eigenvalue weighted by Gasteiger charge is -2.12. The molecular weight excluding hydrogens is 427 g/mol. The summed E-state index contributed by atoms with van der Waals surface area (Å²) in [6.45, 7) is 3.66. The Morgan fingerprint density at radius 1 is 1.13 bits per heavy atom. The van der Waals surface area contributed by atoms with Gasteiger partial charge >= 0.3 is 0 Å². The number of nitrogens with one attached hydrogen (secondary N) is 3. The molecular formula is C15H27IN4O2S. The monoisotopic (exact) mass is 454 g/mol. The predicted octanol–water partition coefficient (Wildman–Crippen LogP) is 2.07. The standard InChI is InChI=1S/C15H26N4O2S.HI/c1-4-5-6-11-18-15(16-2)19-12-13-7-9-14(10-8-13)22(20,21)17-3;/h7-10,17H,4-6,11-12H2,1-3H3,(H2,16,18,19);1H. The summed E-state index contributed by atoms with van der Waals surface area (Å²) in [6, 6.07) is 6.78. The van der Waals surface area contributed by atoms with Crippen LogP contribution >= 0.6 is 24.0 Å². The van der Waals surface area contributed by atoms with Crippen molar-refractivity contribution in [2.75, 3.05) is 20.6 Å². The third-order valence-electron chi connectivity index (χ3n) is 3.26. The molecule has 0 amide bonds. The number of rotatable bonds is 8. The summed E-state index contributed by atoms with van der Waals surface area (Å²) in [7, 11) is -0.239. The van der Waals surface area contributed by atoms with Crippen LogP contribution in [0.2, 0.25) is 0 Å². The number of sulfonamides is 1. The summed E-state index contributed by atoms with van der Waals surface area (Å²) in [4.78, 5) is 4.42. The molecule has 0 aliphatic rings. The summed E-state index contributed by atoms with van der Waals surface area (Å²) in [5.74, 6) is 0.753. The van der Waals surface area contributed by atoms with Gasteiger partial charge in [0.25, 0.3) is 0 Å². The average molecular weight is 454 g/mol. The quantitative estimate of drug-likeness (QED) is 0.243. The van der Waals surface area contributed by atoms with Crippen LogP contribution in [0.5, 0.6) is 0 Å². The maximum absolute atomic E-state index is 11.6. The highest BCUT2D eigenvalue weighted by Gasteiger charge is 2.10. The Hall–Kier alpha value is -0.870. The van der Waals surface area contributed by atoms with E-state index in [2.05, 4.69) is 27.3 Å². The third kappa shape index (κ3) is 7.98. The molecule has 0 fully saturated rings. The first kappa shape index (κ1) is 22.1. The summed E-state index contributed by atoms with van der Waals surface area (Å²) >= 11 is 0. The highest BCUT2D eigenvalue weighted by Crippen LogP contribution is 2.09. The first-order valence-electron chi connectivity index (χ1n) is 7.50. The maximum atomic E-state index is 11.6. The molecule has 1 rings (SSSR count). The van der Waals surface area contributed by atoms with Crippen LogP contribution in [0.25, 0.3) is 0 Å². The fraction of sp³-hybridized carbons (Fsp3) is 0.533. The minimum absolute atomic E-state index is 0. The lowest BCUT2D eigenvalue weighted by Crippen LogP contribution is -2.37. The molecule has 0 aromatic heterocycles. The number of hydrogen-bond donors (Lipinski definition) is 3. The Labute approximate surface area is 156 Å². The molecule has 132 valence electrons. The second kappa shape index (κ2) is 11.6. The highest BCUT2D eigenvalue weighted by atomic mass is 127. The van der Waals surface area contributed by atoms with Gasteiger partial charge in [-0.15, -0.1) is 24.0 Å². The van der Waals surface area contributed by atoms with Crippen LogP contribution < -0.4 is 15.4 Å². The Kier molecular flexibility index (Phi) is 11.2. The van der Waals surface area contributed by atoms with E-state index in [1.54, 1.807) is 31.3 Å². The van der Waals surface area contributed by atoms with Gasteiger partial charge in [-0.3, -0.25) is 4.99 Å². The van der Waals surface area contributed by atoms with Crippen LogP contribution in [0.4, 0.5) is 0 Å². The molecule has 3 N–H and O–H groups in total. The fourth-order valence-electron chi connectivity index (χ4n) is 1.89. The average Bonchev–Trinajstić information content (AvgIpc) is 2.54. The van der Waals surface area contributed by atoms with Crippen molar-refractivity contribution in [2.24, 2.45) is 4.99 Å². The topological polar surface area (TPSA) is 82.6 Å². The van der Waals surface area contributed by atoms with Gasteiger partial charge in [-0.2, -0.15) is 0 Å². The number of halogens is 1. The molecule has 0 aliphatic carbocycles. The Bertz CT molecular complexity index is 574. The molecule has 0 aliphatic heterocycles. The Morgan fingerprint density at radius 2 is 1.78 bits per heavy atom. The van der Waals surface area contributed by atoms with Crippen molar-refractivity contribution < 1.29 is 8.42 Å². The molecule has 1 aromatic rings. The molecule has 0 saturated heterocycles.